The summed E-state index contributed by atoms with van der Waals surface area (Å²) in [5.74, 6) is 0.778. The maximum Gasteiger partial charge on any atom is 0.256 e. The van der Waals surface area contributed by atoms with Crippen LogP contribution in [0.5, 0.6) is 5.75 Å². The molecule has 0 radical (unpaired) electrons. The fraction of sp³-hybridized carbons (Fsp3) is 0.188. The molecule has 0 unspecified atom stereocenters. The van der Waals surface area contributed by atoms with E-state index in [9.17, 15) is 9.90 Å². The van der Waals surface area contributed by atoms with Gasteiger partial charge in [-0.1, -0.05) is 25.1 Å². The van der Waals surface area contributed by atoms with Gasteiger partial charge in [0.2, 0.25) is 0 Å². The maximum atomic E-state index is 12.3. The van der Waals surface area contributed by atoms with Crippen LogP contribution in [0, 0.1) is 6.92 Å². The van der Waals surface area contributed by atoms with E-state index in [2.05, 4.69) is 5.32 Å². The highest BCUT2D eigenvalue weighted by atomic mass is 32.2. The van der Waals surface area contributed by atoms with Crippen LogP contribution in [0.3, 0.4) is 0 Å². The first-order valence-electron chi connectivity index (χ1n) is 6.44. The summed E-state index contributed by atoms with van der Waals surface area (Å²) in [4.78, 5) is 13.3. The molecule has 0 aliphatic heterocycles. The molecule has 2 aromatic rings. The van der Waals surface area contributed by atoms with Crippen LogP contribution in [0.25, 0.3) is 0 Å². The Kier molecular flexibility index (Phi) is 4.69. The van der Waals surface area contributed by atoms with E-state index < -0.39 is 0 Å². The lowest BCUT2D eigenvalue weighted by Gasteiger charge is -2.10. The Hall–Kier alpha value is -1.94. The average Bonchev–Trinajstić information content (AvgIpc) is 2.43. The number of benzene rings is 2. The summed E-state index contributed by atoms with van der Waals surface area (Å²) in [7, 11) is 0. The number of carbonyl (C=O) groups excluding carboxylic acids is 1. The molecule has 0 saturated carbocycles. The van der Waals surface area contributed by atoms with Crippen molar-refractivity contribution >= 4 is 23.4 Å². The standard InChI is InChI=1S/C16H17NO2S/c1-3-20-15-7-5-4-6-12(15)16(19)17-13-9-8-11(2)10-14(13)18/h4-10,18H,3H2,1-2H3,(H,17,19). The summed E-state index contributed by atoms with van der Waals surface area (Å²) in [5, 5.41) is 12.6. The summed E-state index contributed by atoms with van der Waals surface area (Å²) in [6.07, 6.45) is 0. The van der Waals surface area contributed by atoms with Crippen molar-refractivity contribution in [3.8, 4) is 5.75 Å². The SMILES string of the molecule is CCSc1ccccc1C(=O)Nc1ccc(C)cc1O. The van der Waals surface area contributed by atoms with Crippen molar-refractivity contribution in [3.63, 3.8) is 0 Å². The second-order valence-electron chi connectivity index (χ2n) is 4.40. The maximum absolute atomic E-state index is 12.3. The van der Waals surface area contributed by atoms with Gasteiger partial charge in [0.05, 0.1) is 11.3 Å². The van der Waals surface area contributed by atoms with E-state index in [0.29, 0.717) is 11.3 Å². The lowest BCUT2D eigenvalue weighted by Crippen LogP contribution is -2.13. The van der Waals surface area contributed by atoms with Gasteiger partial charge < -0.3 is 10.4 Å². The van der Waals surface area contributed by atoms with Gasteiger partial charge in [-0.05, 0) is 42.5 Å². The molecule has 104 valence electrons. The molecule has 0 atom stereocenters. The number of amides is 1. The molecule has 2 rings (SSSR count). The molecule has 0 fully saturated rings. The third-order valence-electron chi connectivity index (χ3n) is 2.83. The molecule has 0 saturated heterocycles. The minimum absolute atomic E-state index is 0.0824. The zero-order chi connectivity index (χ0) is 14.5. The van der Waals surface area contributed by atoms with E-state index in [1.807, 2.05) is 38.1 Å². The molecule has 4 heteroatoms. The predicted octanol–water partition coefficient (Wildman–Crippen LogP) is 4.06. The smallest absolute Gasteiger partial charge is 0.256 e. The van der Waals surface area contributed by atoms with Crippen molar-refractivity contribution in [1.82, 2.24) is 0 Å². The highest BCUT2D eigenvalue weighted by molar-refractivity contribution is 7.99. The first-order valence-corrected chi connectivity index (χ1v) is 7.43. The molecule has 0 aliphatic rings. The van der Waals surface area contributed by atoms with E-state index in [4.69, 9.17) is 0 Å². The average molecular weight is 287 g/mol. The largest absolute Gasteiger partial charge is 0.506 e. The fourth-order valence-electron chi connectivity index (χ4n) is 1.87. The quantitative estimate of drug-likeness (QED) is 0.658. The molecule has 3 nitrogen and oxygen atoms in total. The molecule has 2 N–H and O–H groups in total. The number of hydrogen-bond donors (Lipinski definition) is 2. The zero-order valence-corrected chi connectivity index (χ0v) is 12.3. The van der Waals surface area contributed by atoms with Gasteiger partial charge in [-0.25, -0.2) is 0 Å². The highest BCUT2D eigenvalue weighted by Crippen LogP contribution is 2.27. The number of hydrogen-bond acceptors (Lipinski definition) is 3. The van der Waals surface area contributed by atoms with Crippen LogP contribution >= 0.6 is 11.8 Å². The first-order chi connectivity index (χ1) is 9.61. The molecule has 0 spiro atoms. The lowest BCUT2D eigenvalue weighted by atomic mass is 10.2. The summed E-state index contributed by atoms with van der Waals surface area (Å²) >= 11 is 1.62. The van der Waals surface area contributed by atoms with E-state index in [1.165, 1.54) is 0 Å². The fourth-order valence-corrected chi connectivity index (χ4v) is 2.67. The monoisotopic (exact) mass is 287 g/mol. The van der Waals surface area contributed by atoms with Gasteiger partial charge in [0, 0.05) is 4.90 Å². The van der Waals surface area contributed by atoms with Gasteiger partial charge in [0.25, 0.3) is 5.91 Å². The minimum Gasteiger partial charge on any atom is -0.506 e. The van der Waals surface area contributed by atoms with Gasteiger partial charge in [0.15, 0.2) is 0 Å². The molecular weight excluding hydrogens is 270 g/mol. The van der Waals surface area contributed by atoms with Crippen molar-refractivity contribution in [3.05, 3.63) is 53.6 Å². The number of nitrogens with one attached hydrogen (secondary N) is 1. The van der Waals surface area contributed by atoms with Crippen LogP contribution in [-0.4, -0.2) is 16.8 Å². The van der Waals surface area contributed by atoms with Gasteiger partial charge in [0.1, 0.15) is 5.75 Å². The van der Waals surface area contributed by atoms with Crippen LogP contribution in [0.4, 0.5) is 5.69 Å². The number of carbonyl (C=O) groups is 1. The number of rotatable bonds is 4. The zero-order valence-electron chi connectivity index (χ0n) is 11.5. The van der Waals surface area contributed by atoms with Crippen LogP contribution < -0.4 is 5.32 Å². The molecule has 0 aliphatic carbocycles. The molecule has 0 bridgehead atoms. The Bertz CT molecular complexity index is 626. The van der Waals surface area contributed by atoms with Crippen LogP contribution in [0.2, 0.25) is 0 Å². The van der Waals surface area contributed by atoms with Crippen LogP contribution in [-0.2, 0) is 0 Å². The predicted molar refractivity (Wildman–Crippen MR) is 83.6 cm³/mol. The number of aryl methyl sites for hydroxylation is 1. The van der Waals surface area contributed by atoms with E-state index in [0.717, 1.165) is 16.2 Å². The van der Waals surface area contributed by atoms with Crippen molar-refractivity contribution in [2.24, 2.45) is 0 Å². The topological polar surface area (TPSA) is 49.3 Å². The summed E-state index contributed by atoms with van der Waals surface area (Å²) in [6, 6.07) is 12.7. The Morgan fingerprint density at radius 3 is 2.70 bits per heavy atom. The Labute approximate surface area is 123 Å². The molecule has 0 aromatic heterocycles. The Morgan fingerprint density at radius 1 is 1.25 bits per heavy atom. The second kappa shape index (κ2) is 6.48. The third-order valence-corrected chi connectivity index (χ3v) is 3.79. The number of thioether (sulfide) groups is 1. The number of phenolic OH excluding ortho intramolecular Hbond substituents is 1. The number of aromatic hydroxyl groups is 1. The lowest BCUT2D eigenvalue weighted by molar-refractivity contribution is 0.102. The summed E-state index contributed by atoms with van der Waals surface area (Å²) < 4.78 is 0. The highest BCUT2D eigenvalue weighted by Gasteiger charge is 2.12. The summed E-state index contributed by atoms with van der Waals surface area (Å²) in [5.41, 5.74) is 2.00. The van der Waals surface area contributed by atoms with Crippen LogP contribution in [0.15, 0.2) is 47.4 Å². The van der Waals surface area contributed by atoms with Gasteiger partial charge in [-0.3, -0.25) is 4.79 Å². The number of anilines is 1. The Balaban J connectivity index is 2.24. The van der Waals surface area contributed by atoms with E-state index in [1.54, 1.807) is 30.0 Å². The van der Waals surface area contributed by atoms with Gasteiger partial charge >= 0.3 is 0 Å². The normalized spacial score (nSPS) is 10.3. The van der Waals surface area contributed by atoms with Gasteiger partial charge in [-0.15, -0.1) is 11.8 Å². The minimum atomic E-state index is -0.208. The molecule has 20 heavy (non-hydrogen) atoms. The second-order valence-corrected chi connectivity index (χ2v) is 5.71. The third kappa shape index (κ3) is 3.33. The molecular formula is C16H17NO2S. The van der Waals surface area contributed by atoms with Crippen molar-refractivity contribution in [1.29, 1.82) is 0 Å². The van der Waals surface area contributed by atoms with Crippen molar-refractivity contribution in [2.75, 3.05) is 11.1 Å². The first kappa shape index (κ1) is 14.5. The number of phenols is 1. The van der Waals surface area contributed by atoms with E-state index in [-0.39, 0.29) is 11.7 Å². The van der Waals surface area contributed by atoms with Crippen molar-refractivity contribution in [2.45, 2.75) is 18.7 Å². The van der Waals surface area contributed by atoms with Crippen molar-refractivity contribution < 1.29 is 9.90 Å². The Morgan fingerprint density at radius 2 is 2.00 bits per heavy atom. The summed E-state index contributed by atoms with van der Waals surface area (Å²) in [6.45, 7) is 3.93. The molecule has 0 heterocycles. The van der Waals surface area contributed by atoms with E-state index >= 15 is 0 Å². The molecule has 1 amide bonds. The van der Waals surface area contributed by atoms with Crippen LogP contribution in [0.1, 0.15) is 22.8 Å². The molecule has 2 aromatic carbocycles. The van der Waals surface area contributed by atoms with Gasteiger partial charge in [-0.2, -0.15) is 0 Å².